The Morgan fingerprint density at radius 1 is 1.12 bits per heavy atom. The third-order valence-electron chi connectivity index (χ3n) is 2.74. The average Bonchev–Trinajstić information content (AvgIpc) is 2.28. The molecule has 1 aromatic carbocycles. The van der Waals surface area contributed by atoms with E-state index in [1.807, 2.05) is 6.20 Å². The molecule has 2 rings (SSSR count). The number of nitrogens with one attached hydrogen (secondary N) is 1. The summed E-state index contributed by atoms with van der Waals surface area (Å²) >= 11 is 0. The fraction of sp³-hybridized carbons (Fsp3) is 0.429. The number of hydrogen-bond donors (Lipinski definition) is 1. The topological polar surface area (TPSA) is 37.8 Å². The zero-order valence-corrected chi connectivity index (χ0v) is 10.9. The van der Waals surface area contributed by atoms with Gasteiger partial charge >= 0.3 is 0 Å². The lowest BCUT2D eigenvalue weighted by atomic mass is 10.0. The third kappa shape index (κ3) is 2.54. The van der Waals surface area contributed by atoms with E-state index in [0.29, 0.717) is 12.0 Å². The van der Waals surface area contributed by atoms with Gasteiger partial charge in [-0.2, -0.15) is 0 Å². The fourth-order valence-corrected chi connectivity index (χ4v) is 1.88. The van der Waals surface area contributed by atoms with Gasteiger partial charge in [-0.15, -0.1) is 0 Å². The summed E-state index contributed by atoms with van der Waals surface area (Å²) < 4.78 is 0. The highest BCUT2D eigenvalue weighted by atomic mass is 14.9. The van der Waals surface area contributed by atoms with Gasteiger partial charge in [0, 0.05) is 17.6 Å². The lowest BCUT2D eigenvalue weighted by molar-refractivity contribution is 0.863. The maximum Gasteiger partial charge on any atom is 0.116 e. The molecule has 0 aliphatic heterocycles. The van der Waals surface area contributed by atoms with Crippen molar-refractivity contribution in [1.29, 1.82) is 0 Å². The predicted molar refractivity (Wildman–Crippen MR) is 72.4 cm³/mol. The van der Waals surface area contributed by atoms with Gasteiger partial charge < -0.3 is 5.32 Å². The molecule has 3 nitrogen and oxygen atoms in total. The van der Waals surface area contributed by atoms with Crippen molar-refractivity contribution in [3.05, 3.63) is 30.2 Å². The van der Waals surface area contributed by atoms with E-state index in [-0.39, 0.29) is 0 Å². The highest BCUT2D eigenvalue weighted by Crippen LogP contribution is 2.27. The largest absolute Gasteiger partial charge is 0.381 e. The van der Waals surface area contributed by atoms with Gasteiger partial charge in [0.1, 0.15) is 6.33 Å². The highest BCUT2D eigenvalue weighted by molar-refractivity contribution is 5.90. The fourth-order valence-electron chi connectivity index (χ4n) is 1.88. The Labute approximate surface area is 102 Å². The summed E-state index contributed by atoms with van der Waals surface area (Å²) in [6.07, 6.45) is 3.47. The van der Waals surface area contributed by atoms with Crippen LogP contribution in [-0.4, -0.2) is 16.0 Å². The monoisotopic (exact) mass is 229 g/mol. The summed E-state index contributed by atoms with van der Waals surface area (Å²) in [6.45, 7) is 8.67. The Morgan fingerprint density at radius 3 is 2.53 bits per heavy atom. The van der Waals surface area contributed by atoms with Crippen molar-refractivity contribution in [1.82, 2.24) is 9.97 Å². The normalized spacial score (nSPS) is 11.4. The van der Waals surface area contributed by atoms with Gasteiger partial charge in [-0.05, 0) is 37.5 Å². The summed E-state index contributed by atoms with van der Waals surface area (Å²) in [7, 11) is 0. The van der Waals surface area contributed by atoms with Gasteiger partial charge in [0.2, 0.25) is 0 Å². The van der Waals surface area contributed by atoms with Crippen LogP contribution in [0.5, 0.6) is 0 Å². The van der Waals surface area contributed by atoms with Gasteiger partial charge in [0.05, 0.1) is 11.2 Å². The van der Waals surface area contributed by atoms with Gasteiger partial charge in [-0.25, -0.2) is 9.97 Å². The Kier molecular flexibility index (Phi) is 3.27. The minimum absolute atomic E-state index is 0.399. The first-order chi connectivity index (χ1) is 8.08. The van der Waals surface area contributed by atoms with E-state index >= 15 is 0 Å². The van der Waals surface area contributed by atoms with Crippen LogP contribution >= 0.6 is 0 Å². The molecule has 0 spiro atoms. The number of hydrogen-bond acceptors (Lipinski definition) is 3. The average molecular weight is 229 g/mol. The van der Waals surface area contributed by atoms with Gasteiger partial charge in [-0.1, -0.05) is 13.8 Å². The third-order valence-corrected chi connectivity index (χ3v) is 2.74. The van der Waals surface area contributed by atoms with E-state index in [9.17, 15) is 0 Å². The molecule has 1 N–H and O–H groups in total. The number of rotatable bonds is 3. The molecule has 0 bridgehead atoms. The molecule has 0 saturated heterocycles. The Bertz CT molecular complexity index is 518. The first kappa shape index (κ1) is 11.8. The van der Waals surface area contributed by atoms with Crippen LogP contribution in [-0.2, 0) is 0 Å². The molecule has 0 unspecified atom stereocenters. The Balaban J connectivity index is 2.60. The summed E-state index contributed by atoms with van der Waals surface area (Å²) in [5.41, 5.74) is 3.41. The quantitative estimate of drug-likeness (QED) is 0.874. The maximum atomic E-state index is 4.36. The highest BCUT2D eigenvalue weighted by Gasteiger charge is 2.08. The smallest absolute Gasteiger partial charge is 0.116 e. The molecule has 0 radical (unpaired) electrons. The van der Waals surface area contributed by atoms with Crippen molar-refractivity contribution >= 4 is 16.6 Å². The van der Waals surface area contributed by atoms with E-state index in [0.717, 1.165) is 16.6 Å². The second kappa shape index (κ2) is 4.70. The standard InChI is InChI=1S/C14H19N3/c1-9(2)11-5-12-7-15-8-16-14(12)13(6-11)17-10(3)4/h5-10,17H,1-4H3. The van der Waals surface area contributed by atoms with Crippen LogP contribution in [0.25, 0.3) is 10.9 Å². The molecule has 0 saturated carbocycles. The van der Waals surface area contributed by atoms with E-state index < -0.39 is 0 Å². The summed E-state index contributed by atoms with van der Waals surface area (Å²) in [5, 5.41) is 4.55. The second-order valence-electron chi connectivity index (χ2n) is 4.98. The van der Waals surface area contributed by atoms with E-state index in [1.54, 1.807) is 6.33 Å². The van der Waals surface area contributed by atoms with Crippen molar-refractivity contribution in [2.45, 2.75) is 39.7 Å². The van der Waals surface area contributed by atoms with Gasteiger partial charge in [0.15, 0.2) is 0 Å². The van der Waals surface area contributed by atoms with Gasteiger partial charge in [-0.3, -0.25) is 0 Å². The first-order valence-corrected chi connectivity index (χ1v) is 6.08. The van der Waals surface area contributed by atoms with Crippen LogP contribution < -0.4 is 5.32 Å². The van der Waals surface area contributed by atoms with Gasteiger partial charge in [0.25, 0.3) is 0 Å². The van der Waals surface area contributed by atoms with E-state index in [4.69, 9.17) is 0 Å². The molecule has 0 aliphatic carbocycles. The number of benzene rings is 1. The van der Waals surface area contributed by atoms with Crippen molar-refractivity contribution in [3.8, 4) is 0 Å². The van der Waals surface area contributed by atoms with E-state index in [1.165, 1.54) is 5.56 Å². The molecule has 90 valence electrons. The SMILES string of the molecule is CC(C)Nc1cc(C(C)C)cc2cncnc12. The second-order valence-corrected chi connectivity index (χ2v) is 4.98. The summed E-state index contributed by atoms with van der Waals surface area (Å²) in [4.78, 5) is 8.46. The van der Waals surface area contributed by atoms with Crippen LogP contribution in [0.1, 0.15) is 39.2 Å². The van der Waals surface area contributed by atoms with Crippen LogP contribution in [0.3, 0.4) is 0 Å². The first-order valence-electron chi connectivity index (χ1n) is 6.08. The molecule has 0 amide bonds. The predicted octanol–water partition coefficient (Wildman–Crippen LogP) is 3.57. The molecule has 3 heteroatoms. The molecule has 1 aromatic heterocycles. The number of fused-ring (bicyclic) bond motifs is 1. The van der Waals surface area contributed by atoms with E-state index in [2.05, 4.69) is 55.1 Å². The maximum absolute atomic E-state index is 4.36. The van der Waals surface area contributed by atoms with Crippen molar-refractivity contribution in [3.63, 3.8) is 0 Å². The van der Waals surface area contributed by atoms with Crippen molar-refractivity contribution in [2.75, 3.05) is 5.32 Å². The minimum Gasteiger partial charge on any atom is -0.381 e. The van der Waals surface area contributed by atoms with Crippen LogP contribution in [0, 0.1) is 0 Å². The van der Waals surface area contributed by atoms with Crippen molar-refractivity contribution < 1.29 is 0 Å². The molecular formula is C14H19N3. The van der Waals surface area contributed by atoms with Crippen molar-refractivity contribution in [2.24, 2.45) is 0 Å². The number of nitrogens with zero attached hydrogens (tertiary/aromatic N) is 2. The lowest BCUT2D eigenvalue weighted by Crippen LogP contribution is -2.11. The molecule has 0 fully saturated rings. The van der Waals surface area contributed by atoms with Crippen LogP contribution in [0.15, 0.2) is 24.7 Å². The zero-order valence-electron chi connectivity index (χ0n) is 10.9. The number of aromatic nitrogens is 2. The minimum atomic E-state index is 0.399. The summed E-state index contributed by atoms with van der Waals surface area (Å²) in [5.74, 6) is 0.507. The molecular weight excluding hydrogens is 210 g/mol. The Morgan fingerprint density at radius 2 is 1.88 bits per heavy atom. The van der Waals surface area contributed by atoms with Crippen LogP contribution in [0.4, 0.5) is 5.69 Å². The van der Waals surface area contributed by atoms with Crippen LogP contribution in [0.2, 0.25) is 0 Å². The lowest BCUT2D eigenvalue weighted by Gasteiger charge is -2.15. The molecule has 0 atom stereocenters. The molecule has 1 heterocycles. The molecule has 17 heavy (non-hydrogen) atoms. The Hall–Kier alpha value is -1.64. The zero-order chi connectivity index (χ0) is 12.4. The molecule has 0 aliphatic rings. The molecule has 2 aromatic rings. The number of anilines is 1. The summed E-state index contributed by atoms with van der Waals surface area (Å²) in [6, 6.07) is 4.77.